The van der Waals surface area contributed by atoms with Crippen molar-refractivity contribution in [3.05, 3.63) is 24.0 Å². The van der Waals surface area contributed by atoms with Gasteiger partial charge in [0.05, 0.1) is 6.61 Å². The zero-order valence-corrected chi connectivity index (χ0v) is 12.6. The number of ether oxygens (including phenoxy) is 1. The quantitative estimate of drug-likeness (QED) is 0.822. The molecule has 0 saturated carbocycles. The summed E-state index contributed by atoms with van der Waals surface area (Å²) in [6.45, 7) is 6.53. The van der Waals surface area contributed by atoms with Crippen molar-refractivity contribution in [1.82, 2.24) is 9.88 Å². The Morgan fingerprint density at radius 1 is 1.52 bits per heavy atom. The monoisotopic (exact) mass is 293 g/mol. The number of anilines is 1. The van der Waals surface area contributed by atoms with Crippen LogP contribution < -0.4 is 5.32 Å². The van der Waals surface area contributed by atoms with Crippen LogP contribution in [0.5, 0.6) is 0 Å². The van der Waals surface area contributed by atoms with Gasteiger partial charge in [-0.05, 0) is 26.0 Å². The second-order valence-corrected chi connectivity index (χ2v) is 5.29. The molecule has 1 fully saturated rings. The van der Waals surface area contributed by atoms with E-state index in [-0.39, 0.29) is 5.91 Å². The number of nitrogens with one attached hydrogen (secondary N) is 1. The van der Waals surface area contributed by atoms with Crippen molar-refractivity contribution >= 4 is 11.6 Å². The predicted molar refractivity (Wildman–Crippen MR) is 80.4 cm³/mol. The first-order chi connectivity index (χ1) is 10.1. The van der Waals surface area contributed by atoms with Gasteiger partial charge in [-0.2, -0.15) is 0 Å². The minimum Gasteiger partial charge on any atom is -0.386 e. The van der Waals surface area contributed by atoms with E-state index >= 15 is 0 Å². The second-order valence-electron chi connectivity index (χ2n) is 5.29. The average molecular weight is 293 g/mol. The topological polar surface area (TPSA) is 74.7 Å². The van der Waals surface area contributed by atoms with Gasteiger partial charge in [-0.15, -0.1) is 0 Å². The molecule has 1 atom stereocenters. The third-order valence-corrected chi connectivity index (χ3v) is 3.73. The molecule has 0 aliphatic carbocycles. The highest BCUT2D eigenvalue weighted by Crippen LogP contribution is 2.19. The highest BCUT2D eigenvalue weighted by Gasteiger charge is 2.31. The molecule has 0 bridgehead atoms. The van der Waals surface area contributed by atoms with Crippen molar-refractivity contribution in [2.75, 3.05) is 38.2 Å². The number of aliphatic hydroxyl groups is 1. The van der Waals surface area contributed by atoms with E-state index in [4.69, 9.17) is 4.74 Å². The van der Waals surface area contributed by atoms with Crippen LogP contribution in [0.25, 0.3) is 0 Å². The van der Waals surface area contributed by atoms with Gasteiger partial charge in [0.1, 0.15) is 11.3 Å². The fourth-order valence-electron chi connectivity index (χ4n) is 2.33. The highest BCUT2D eigenvalue weighted by molar-refractivity contribution is 5.93. The summed E-state index contributed by atoms with van der Waals surface area (Å²) in [5.41, 5.74) is 0.367. The standard InChI is InChI=1S/C15H23N3O3/c1-3-18(4-2)14(19)13-9-12(5-7-16-13)17-10-15(20)6-8-21-11-15/h5,7,9,20H,3-4,6,8,10-11H2,1-2H3,(H,16,17). The molecule has 116 valence electrons. The molecular weight excluding hydrogens is 270 g/mol. The summed E-state index contributed by atoms with van der Waals surface area (Å²) in [5.74, 6) is -0.0773. The van der Waals surface area contributed by atoms with Crippen LogP contribution in [0.1, 0.15) is 30.8 Å². The molecule has 0 aromatic carbocycles. The Morgan fingerprint density at radius 3 is 2.90 bits per heavy atom. The molecule has 2 rings (SSSR count). The summed E-state index contributed by atoms with van der Waals surface area (Å²) in [6.07, 6.45) is 2.23. The van der Waals surface area contributed by atoms with Crippen LogP contribution in [-0.4, -0.2) is 59.3 Å². The predicted octanol–water partition coefficient (Wildman–Crippen LogP) is 1.13. The SMILES string of the molecule is CCN(CC)C(=O)c1cc(NCC2(O)CCOC2)ccn1. The summed E-state index contributed by atoms with van der Waals surface area (Å²) in [4.78, 5) is 18.1. The zero-order valence-electron chi connectivity index (χ0n) is 12.6. The van der Waals surface area contributed by atoms with Crippen LogP contribution in [0.2, 0.25) is 0 Å². The van der Waals surface area contributed by atoms with Crippen LogP contribution in [0, 0.1) is 0 Å². The third-order valence-electron chi connectivity index (χ3n) is 3.73. The van der Waals surface area contributed by atoms with Gasteiger partial charge in [-0.25, -0.2) is 0 Å². The molecule has 1 amide bonds. The maximum atomic E-state index is 12.2. The van der Waals surface area contributed by atoms with E-state index in [2.05, 4.69) is 10.3 Å². The lowest BCUT2D eigenvalue weighted by Crippen LogP contribution is -2.37. The van der Waals surface area contributed by atoms with E-state index in [1.807, 2.05) is 13.8 Å². The van der Waals surface area contributed by atoms with E-state index in [1.54, 1.807) is 23.2 Å². The number of nitrogens with zero attached hydrogens (tertiary/aromatic N) is 2. The molecule has 0 radical (unpaired) electrons. The van der Waals surface area contributed by atoms with Crippen molar-refractivity contribution in [2.24, 2.45) is 0 Å². The minimum absolute atomic E-state index is 0.0773. The summed E-state index contributed by atoms with van der Waals surface area (Å²) in [7, 11) is 0. The Bertz CT molecular complexity index is 483. The van der Waals surface area contributed by atoms with E-state index in [9.17, 15) is 9.90 Å². The number of rotatable bonds is 6. The summed E-state index contributed by atoms with van der Waals surface area (Å²) in [6, 6.07) is 3.51. The Morgan fingerprint density at radius 2 is 2.29 bits per heavy atom. The minimum atomic E-state index is -0.827. The van der Waals surface area contributed by atoms with E-state index in [1.165, 1.54) is 0 Å². The molecule has 1 aliphatic heterocycles. The number of hydrogen-bond acceptors (Lipinski definition) is 5. The molecule has 21 heavy (non-hydrogen) atoms. The van der Waals surface area contributed by atoms with Crippen LogP contribution >= 0.6 is 0 Å². The Labute approximate surface area is 125 Å². The number of aromatic nitrogens is 1. The Hall–Kier alpha value is -1.66. The van der Waals surface area contributed by atoms with Crippen molar-refractivity contribution in [3.8, 4) is 0 Å². The van der Waals surface area contributed by atoms with Crippen LogP contribution in [-0.2, 0) is 4.74 Å². The second kappa shape index (κ2) is 6.87. The number of amides is 1. The molecule has 1 saturated heterocycles. The number of pyridine rings is 1. The van der Waals surface area contributed by atoms with Gasteiger partial charge >= 0.3 is 0 Å². The first-order valence-electron chi connectivity index (χ1n) is 7.37. The van der Waals surface area contributed by atoms with Gasteiger partial charge in [0.2, 0.25) is 0 Å². The fraction of sp³-hybridized carbons (Fsp3) is 0.600. The van der Waals surface area contributed by atoms with E-state index in [0.29, 0.717) is 45.0 Å². The smallest absolute Gasteiger partial charge is 0.272 e. The van der Waals surface area contributed by atoms with Gasteiger partial charge in [-0.1, -0.05) is 0 Å². The highest BCUT2D eigenvalue weighted by atomic mass is 16.5. The molecule has 6 heteroatoms. The lowest BCUT2D eigenvalue weighted by Gasteiger charge is -2.22. The van der Waals surface area contributed by atoms with Gasteiger partial charge in [0.15, 0.2) is 0 Å². The van der Waals surface area contributed by atoms with Crippen LogP contribution in [0.3, 0.4) is 0 Å². The van der Waals surface area contributed by atoms with Gasteiger partial charge < -0.3 is 20.1 Å². The maximum Gasteiger partial charge on any atom is 0.272 e. The molecule has 1 aliphatic rings. The zero-order chi connectivity index (χ0) is 15.3. The fourth-order valence-corrected chi connectivity index (χ4v) is 2.33. The summed E-state index contributed by atoms with van der Waals surface area (Å²) >= 11 is 0. The Kier molecular flexibility index (Phi) is 5.14. The van der Waals surface area contributed by atoms with Crippen LogP contribution in [0.15, 0.2) is 18.3 Å². The lowest BCUT2D eigenvalue weighted by molar-refractivity contribution is 0.0382. The maximum absolute atomic E-state index is 12.2. The molecule has 1 unspecified atom stereocenters. The van der Waals surface area contributed by atoms with Crippen molar-refractivity contribution in [2.45, 2.75) is 25.9 Å². The molecule has 0 spiro atoms. The van der Waals surface area contributed by atoms with E-state index < -0.39 is 5.60 Å². The largest absolute Gasteiger partial charge is 0.386 e. The number of carbonyl (C=O) groups is 1. The van der Waals surface area contributed by atoms with E-state index in [0.717, 1.165) is 5.69 Å². The molecule has 1 aromatic heterocycles. The lowest BCUT2D eigenvalue weighted by atomic mass is 10.0. The molecule has 1 aromatic rings. The first-order valence-corrected chi connectivity index (χ1v) is 7.37. The molecule has 6 nitrogen and oxygen atoms in total. The van der Waals surface area contributed by atoms with Crippen LogP contribution in [0.4, 0.5) is 5.69 Å². The normalized spacial score (nSPS) is 21.3. The summed E-state index contributed by atoms with van der Waals surface area (Å²) in [5, 5.41) is 13.4. The van der Waals surface area contributed by atoms with Gasteiger partial charge in [0.25, 0.3) is 5.91 Å². The molecular formula is C15H23N3O3. The summed E-state index contributed by atoms with van der Waals surface area (Å²) < 4.78 is 5.21. The van der Waals surface area contributed by atoms with Gasteiger partial charge in [0, 0.05) is 44.5 Å². The molecule has 2 N–H and O–H groups in total. The van der Waals surface area contributed by atoms with Gasteiger partial charge in [-0.3, -0.25) is 9.78 Å². The molecule has 2 heterocycles. The first kappa shape index (κ1) is 15.7. The van der Waals surface area contributed by atoms with Crippen molar-refractivity contribution in [1.29, 1.82) is 0 Å². The number of hydrogen-bond donors (Lipinski definition) is 2. The average Bonchev–Trinajstić information content (AvgIpc) is 2.94. The van der Waals surface area contributed by atoms with Crippen molar-refractivity contribution < 1.29 is 14.6 Å². The number of carbonyl (C=O) groups excluding carboxylic acids is 1. The third kappa shape index (κ3) is 3.92. The Balaban J connectivity index is 2.02. The van der Waals surface area contributed by atoms with Crippen molar-refractivity contribution in [3.63, 3.8) is 0 Å².